The van der Waals surface area contributed by atoms with Gasteiger partial charge in [0.05, 0.1) is 6.04 Å². The number of hydrogen-bond acceptors (Lipinski definition) is 1. The third-order valence-electron chi connectivity index (χ3n) is 2.93. The van der Waals surface area contributed by atoms with Crippen LogP contribution in [0.25, 0.3) is 0 Å². The van der Waals surface area contributed by atoms with Crippen molar-refractivity contribution in [2.24, 2.45) is 0 Å². The van der Waals surface area contributed by atoms with Crippen molar-refractivity contribution in [1.29, 1.82) is 0 Å². The standard InChI is InChI=1S/C15H23NO/c1-3-4-5-9-12-15(16-13(2)17)14-10-7-6-8-11-14/h6-8,10-11,15H,3-5,9,12H2,1-2H3,(H,16,17)/t15-/m0/s1. The predicted molar refractivity (Wildman–Crippen MR) is 71.8 cm³/mol. The van der Waals surface area contributed by atoms with Crippen LogP contribution in [0, 0.1) is 0 Å². The zero-order valence-corrected chi connectivity index (χ0v) is 10.9. The molecule has 0 aliphatic rings. The second-order valence-electron chi connectivity index (χ2n) is 4.51. The molecule has 1 amide bonds. The van der Waals surface area contributed by atoms with Crippen LogP contribution in [0.1, 0.15) is 57.6 Å². The van der Waals surface area contributed by atoms with Gasteiger partial charge in [-0.05, 0) is 12.0 Å². The summed E-state index contributed by atoms with van der Waals surface area (Å²) in [7, 11) is 0. The summed E-state index contributed by atoms with van der Waals surface area (Å²) < 4.78 is 0. The zero-order chi connectivity index (χ0) is 12.5. The van der Waals surface area contributed by atoms with Gasteiger partial charge in [-0.15, -0.1) is 0 Å². The summed E-state index contributed by atoms with van der Waals surface area (Å²) in [6.07, 6.45) is 5.98. The molecule has 1 N–H and O–H groups in total. The first-order valence-electron chi connectivity index (χ1n) is 6.56. The van der Waals surface area contributed by atoms with Crippen molar-refractivity contribution in [3.8, 4) is 0 Å². The Morgan fingerprint density at radius 2 is 1.88 bits per heavy atom. The van der Waals surface area contributed by atoms with Gasteiger partial charge < -0.3 is 5.32 Å². The van der Waals surface area contributed by atoms with E-state index in [9.17, 15) is 4.79 Å². The van der Waals surface area contributed by atoms with Gasteiger partial charge in [0.1, 0.15) is 0 Å². The molecule has 2 nitrogen and oxygen atoms in total. The first kappa shape index (κ1) is 13.8. The minimum absolute atomic E-state index is 0.0503. The number of nitrogens with one attached hydrogen (secondary N) is 1. The lowest BCUT2D eigenvalue weighted by Gasteiger charge is -2.18. The van der Waals surface area contributed by atoms with Crippen LogP contribution in [0.5, 0.6) is 0 Å². The molecule has 0 aromatic heterocycles. The number of carbonyl (C=O) groups excluding carboxylic acids is 1. The molecule has 1 aromatic rings. The van der Waals surface area contributed by atoms with E-state index in [-0.39, 0.29) is 11.9 Å². The Hall–Kier alpha value is -1.31. The fourth-order valence-electron chi connectivity index (χ4n) is 2.03. The van der Waals surface area contributed by atoms with Gasteiger partial charge >= 0.3 is 0 Å². The van der Waals surface area contributed by atoms with Gasteiger partial charge in [-0.2, -0.15) is 0 Å². The predicted octanol–water partition coefficient (Wildman–Crippen LogP) is 3.83. The summed E-state index contributed by atoms with van der Waals surface area (Å²) in [5.74, 6) is 0.0503. The van der Waals surface area contributed by atoms with E-state index < -0.39 is 0 Å². The van der Waals surface area contributed by atoms with Gasteiger partial charge in [-0.25, -0.2) is 0 Å². The Morgan fingerprint density at radius 3 is 2.47 bits per heavy atom. The second-order valence-corrected chi connectivity index (χ2v) is 4.51. The number of rotatable bonds is 7. The number of benzene rings is 1. The topological polar surface area (TPSA) is 29.1 Å². The summed E-state index contributed by atoms with van der Waals surface area (Å²) >= 11 is 0. The molecule has 0 fully saturated rings. The van der Waals surface area contributed by atoms with Gasteiger partial charge in [0.2, 0.25) is 5.91 Å². The molecule has 0 saturated heterocycles. The molecule has 17 heavy (non-hydrogen) atoms. The third-order valence-corrected chi connectivity index (χ3v) is 2.93. The maximum Gasteiger partial charge on any atom is 0.217 e. The molecule has 2 heteroatoms. The van der Waals surface area contributed by atoms with Gasteiger partial charge in [0.25, 0.3) is 0 Å². The van der Waals surface area contributed by atoms with Gasteiger partial charge in [-0.3, -0.25) is 4.79 Å². The van der Waals surface area contributed by atoms with Crippen LogP contribution >= 0.6 is 0 Å². The third kappa shape index (κ3) is 5.53. The number of hydrogen-bond donors (Lipinski definition) is 1. The Labute approximate surface area is 104 Å². The molecule has 1 atom stereocenters. The largest absolute Gasteiger partial charge is 0.350 e. The molecule has 94 valence electrons. The molecule has 0 bridgehead atoms. The monoisotopic (exact) mass is 233 g/mol. The SMILES string of the molecule is CCCCCC[C@H](NC(C)=O)c1ccccc1. The second kappa shape index (κ2) is 7.88. The quantitative estimate of drug-likeness (QED) is 0.712. The van der Waals surface area contributed by atoms with Crippen molar-refractivity contribution in [1.82, 2.24) is 5.32 Å². The van der Waals surface area contributed by atoms with Crippen molar-refractivity contribution >= 4 is 5.91 Å². The molecule has 0 saturated carbocycles. The Morgan fingerprint density at radius 1 is 1.18 bits per heavy atom. The van der Waals surface area contributed by atoms with E-state index >= 15 is 0 Å². The lowest BCUT2D eigenvalue weighted by atomic mass is 10.00. The highest BCUT2D eigenvalue weighted by molar-refractivity contribution is 5.73. The molecular formula is C15H23NO. The molecule has 1 rings (SSSR count). The molecule has 0 heterocycles. The van der Waals surface area contributed by atoms with Crippen LogP contribution in [0.3, 0.4) is 0 Å². The van der Waals surface area contributed by atoms with Crippen LogP contribution in [0.15, 0.2) is 30.3 Å². The molecule has 0 radical (unpaired) electrons. The lowest BCUT2D eigenvalue weighted by molar-refractivity contribution is -0.119. The summed E-state index contributed by atoms with van der Waals surface area (Å²) in [5.41, 5.74) is 1.21. The molecule has 0 unspecified atom stereocenters. The van der Waals surface area contributed by atoms with E-state index in [1.807, 2.05) is 18.2 Å². The smallest absolute Gasteiger partial charge is 0.217 e. The average molecular weight is 233 g/mol. The van der Waals surface area contributed by atoms with E-state index in [0.717, 1.165) is 6.42 Å². The average Bonchev–Trinajstić information content (AvgIpc) is 2.34. The Kier molecular flexibility index (Phi) is 6.38. The maximum absolute atomic E-state index is 11.2. The van der Waals surface area contributed by atoms with Crippen molar-refractivity contribution in [2.75, 3.05) is 0 Å². The highest BCUT2D eigenvalue weighted by atomic mass is 16.1. The molecule has 0 spiro atoms. The molecular weight excluding hydrogens is 210 g/mol. The van der Waals surface area contributed by atoms with E-state index in [4.69, 9.17) is 0 Å². The molecule has 0 aliphatic carbocycles. The summed E-state index contributed by atoms with van der Waals surface area (Å²) in [6, 6.07) is 10.4. The number of amides is 1. The minimum Gasteiger partial charge on any atom is -0.350 e. The zero-order valence-electron chi connectivity index (χ0n) is 10.9. The fourth-order valence-corrected chi connectivity index (χ4v) is 2.03. The van der Waals surface area contributed by atoms with Gasteiger partial charge in [0.15, 0.2) is 0 Å². The van der Waals surface area contributed by atoms with Crippen LogP contribution in [0.2, 0.25) is 0 Å². The highest BCUT2D eigenvalue weighted by Gasteiger charge is 2.11. The van der Waals surface area contributed by atoms with Crippen molar-refractivity contribution in [3.63, 3.8) is 0 Å². The van der Waals surface area contributed by atoms with Crippen LogP contribution in [0.4, 0.5) is 0 Å². The minimum atomic E-state index is 0.0503. The molecule has 0 aliphatic heterocycles. The Balaban J connectivity index is 2.52. The van der Waals surface area contributed by atoms with Gasteiger partial charge in [0, 0.05) is 6.92 Å². The highest BCUT2D eigenvalue weighted by Crippen LogP contribution is 2.19. The summed E-state index contributed by atoms with van der Waals surface area (Å²) in [4.78, 5) is 11.2. The lowest BCUT2D eigenvalue weighted by Crippen LogP contribution is -2.25. The van der Waals surface area contributed by atoms with Crippen molar-refractivity contribution < 1.29 is 4.79 Å². The van der Waals surface area contributed by atoms with Crippen LogP contribution in [-0.4, -0.2) is 5.91 Å². The first-order valence-corrected chi connectivity index (χ1v) is 6.56. The van der Waals surface area contributed by atoms with E-state index in [2.05, 4.69) is 24.4 Å². The van der Waals surface area contributed by atoms with E-state index in [1.165, 1.54) is 31.2 Å². The van der Waals surface area contributed by atoms with E-state index in [1.54, 1.807) is 6.92 Å². The maximum atomic E-state index is 11.2. The van der Waals surface area contributed by atoms with E-state index in [0.29, 0.717) is 0 Å². The summed E-state index contributed by atoms with van der Waals surface area (Å²) in [5, 5.41) is 3.03. The fraction of sp³-hybridized carbons (Fsp3) is 0.533. The Bertz CT molecular complexity index is 321. The van der Waals surface area contributed by atoms with Crippen molar-refractivity contribution in [2.45, 2.75) is 52.0 Å². The first-order chi connectivity index (χ1) is 8.24. The molecule has 1 aromatic carbocycles. The number of carbonyl (C=O) groups is 1. The van der Waals surface area contributed by atoms with Crippen molar-refractivity contribution in [3.05, 3.63) is 35.9 Å². The number of unbranched alkanes of at least 4 members (excludes halogenated alkanes) is 3. The normalized spacial score (nSPS) is 12.1. The van der Waals surface area contributed by atoms with Crippen LogP contribution < -0.4 is 5.32 Å². The van der Waals surface area contributed by atoms with Gasteiger partial charge in [-0.1, -0.05) is 62.9 Å². The van der Waals surface area contributed by atoms with Crippen LogP contribution in [-0.2, 0) is 4.79 Å². The summed E-state index contributed by atoms with van der Waals surface area (Å²) in [6.45, 7) is 3.80.